The van der Waals surface area contributed by atoms with Gasteiger partial charge in [0.1, 0.15) is 11.8 Å². The average molecular weight is 628 g/mol. The summed E-state index contributed by atoms with van der Waals surface area (Å²) in [5.74, 6) is -2.08. The van der Waals surface area contributed by atoms with E-state index in [1.807, 2.05) is 35.2 Å². The maximum Gasteiger partial charge on any atom is 0.490 e. The van der Waals surface area contributed by atoms with Crippen molar-refractivity contribution in [1.29, 1.82) is 0 Å². The Balaban J connectivity index is 0.000000646. The number of amides is 1. The quantitative estimate of drug-likeness (QED) is 0.412. The lowest BCUT2D eigenvalue weighted by molar-refractivity contribution is -0.192. The maximum atomic E-state index is 13.6. The number of carboxylic acid groups (broad SMARTS) is 1. The molecule has 1 heterocycles. The van der Waals surface area contributed by atoms with Crippen molar-refractivity contribution in [2.24, 2.45) is 5.92 Å². The summed E-state index contributed by atoms with van der Waals surface area (Å²) < 4.78 is 63.9. The Morgan fingerprint density at radius 1 is 1.09 bits per heavy atom. The molecule has 2 N–H and O–H groups in total. The number of carbonyl (C=O) groups excluding carboxylic acids is 1. The van der Waals surface area contributed by atoms with Crippen LogP contribution in [-0.4, -0.2) is 92.0 Å². The van der Waals surface area contributed by atoms with E-state index in [9.17, 15) is 26.4 Å². The van der Waals surface area contributed by atoms with Gasteiger partial charge < -0.3 is 25.0 Å². The minimum absolute atomic E-state index is 0.0451. The van der Waals surface area contributed by atoms with E-state index >= 15 is 0 Å². The summed E-state index contributed by atoms with van der Waals surface area (Å²) in [6.07, 6.45) is -1.87. The standard InChI is InChI=1S/C28H39N3O4S.C2HF3O2/c1-20(2)30(3)22-14-15-26(21(18-22)19-36(33,34)23-10-6-5-7-11-23)31-17-16-25(28(31)32)29-24-12-8-9-13-27(24)35-4;3-2(4,5)1(6)7/h5-13,20-22,25-26,29H,14-19H2,1-4H3;(H,6,7)/t21-,22+,25?,26-;/m0./s1. The Labute approximate surface area is 250 Å². The molecule has 1 unspecified atom stereocenters. The second-order valence-electron chi connectivity index (χ2n) is 11.2. The van der Waals surface area contributed by atoms with E-state index in [1.54, 1.807) is 31.4 Å². The highest BCUT2D eigenvalue weighted by atomic mass is 32.2. The molecule has 0 bridgehead atoms. The summed E-state index contributed by atoms with van der Waals surface area (Å²) in [5.41, 5.74) is 0.797. The number of hydrogen-bond acceptors (Lipinski definition) is 7. The van der Waals surface area contributed by atoms with Crippen LogP contribution in [0.1, 0.15) is 39.5 Å². The van der Waals surface area contributed by atoms with E-state index in [2.05, 4.69) is 31.1 Å². The molecule has 9 nitrogen and oxygen atoms in total. The molecule has 1 aliphatic heterocycles. The Hall–Kier alpha value is -3.32. The van der Waals surface area contributed by atoms with Crippen molar-refractivity contribution in [1.82, 2.24) is 9.80 Å². The molecular weight excluding hydrogens is 587 g/mol. The van der Waals surface area contributed by atoms with Crippen molar-refractivity contribution in [2.45, 2.75) is 74.8 Å². The third kappa shape index (κ3) is 8.85. The van der Waals surface area contributed by atoms with Crippen LogP contribution in [0.15, 0.2) is 59.5 Å². The number of halogens is 3. The largest absolute Gasteiger partial charge is 0.495 e. The predicted molar refractivity (Wildman–Crippen MR) is 157 cm³/mol. The zero-order valence-electron chi connectivity index (χ0n) is 24.8. The molecule has 2 aliphatic rings. The summed E-state index contributed by atoms with van der Waals surface area (Å²) in [6, 6.07) is 16.5. The van der Waals surface area contributed by atoms with Gasteiger partial charge in [0.05, 0.1) is 23.4 Å². The Morgan fingerprint density at radius 3 is 2.28 bits per heavy atom. The molecule has 1 saturated heterocycles. The maximum absolute atomic E-state index is 13.6. The lowest BCUT2D eigenvalue weighted by atomic mass is 9.81. The number of rotatable bonds is 9. The van der Waals surface area contributed by atoms with Crippen LogP contribution < -0.4 is 10.1 Å². The van der Waals surface area contributed by atoms with Crippen LogP contribution in [-0.2, 0) is 19.4 Å². The lowest BCUT2D eigenvalue weighted by Crippen LogP contribution is -2.52. The zero-order chi connectivity index (χ0) is 31.9. The van der Waals surface area contributed by atoms with E-state index in [0.717, 1.165) is 24.9 Å². The number of benzene rings is 2. The minimum atomic E-state index is -5.08. The van der Waals surface area contributed by atoms with Crippen molar-refractivity contribution in [2.75, 3.05) is 31.8 Å². The van der Waals surface area contributed by atoms with Crippen LogP contribution in [0.2, 0.25) is 0 Å². The number of para-hydroxylation sites is 2. The summed E-state index contributed by atoms with van der Waals surface area (Å²) >= 11 is 0. The molecule has 0 aromatic heterocycles. The van der Waals surface area contributed by atoms with Gasteiger partial charge in [-0.2, -0.15) is 13.2 Å². The summed E-state index contributed by atoms with van der Waals surface area (Å²) in [5, 5.41) is 10.5. The van der Waals surface area contributed by atoms with Gasteiger partial charge in [0.2, 0.25) is 5.91 Å². The molecule has 2 aromatic carbocycles. The predicted octanol–water partition coefficient (Wildman–Crippen LogP) is 4.69. The van der Waals surface area contributed by atoms with Crippen molar-refractivity contribution in [3.8, 4) is 5.75 Å². The van der Waals surface area contributed by atoms with Crippen LogP contribution in [0.4, 0.5) is 18.9 Å². The fourth-order valence-electron chi connectivity index (χ4n) is 5.73. The Morgan fingerprint density at radius 2 is 1.70 bits per heavy atom. The second kappa shape index (κ2) is 14.4. The highest BCUT2D eigenvalue weighted by Crippen LogP contribution is 2.36. The molecule has 0 radical (unpaired) electrons. The monoisotopic (exact) mass is 627 g/mol. The van der Waals surface area contributed by atoms with Gasteiger partial charge in [0.25, 0.3) is 0 Å². The molecule has 13 heteroatoms. The third-order valence-electron chi connectivity index (χ3n) is 8.16. The van der Waals surface area contributed by atoms with E-state index < -0.39 is 22.0 Å². The number of hydrogen-bond donors (Lipinski definition) is 2. The fourth-order valence-corrected chi connectivity index (χ4v) is 7.41. The van der Waals surface area contributed by atoms with Gasteiger partial charge >= 0.3 is 12.1 Å². The normalized spacial score (nSPS) is 22.7. The molecule has 2 fully saturated rings. The Kier molecular flexibility index (Phi) is 11.5. The first-order chi connectivity index (χ1) is 20.2. The highest BCUT2D eigenvalue weighted by molar-refractivity contribution is 7.91. The molecule has 43 heavy (non-hydrogen) atoms. The smallest absolute Gasteiger partial charge is 0.490 e. The van der Waals surface area contributed by atoms with E-state index in [1.165, 1.54) is 0 Å². The first-order valence-corrected chi connectivity index (χ1v) is 15.8. The molecule has 2 aromatic rings. The third-order valence-corrected chi connectivity index (χ3v) is 10.0. The van der Waals surface area contributed by atoms with Gasteiger partial charge in [-0.05, 0) is 76.8 Å². The number of anilines is 1. The van der Waals surface area contributed by atoms with Crippen LogP contribution in [0, 0.1) is 5.92 Å². The van der Waals surface area contributed by atoms with E-state index in [-0.39, 0.29) is 29.7 Å². The molecule has 4 rings (SSSR count). The number of nitrogens with one attached hydrogen (secondary N) is 1. The number of carbonyl (C=O) groups is 2. The van der Waals surface area contributed by atoms with E-state index in [4.69, 9.17) is 14.6 Å². The number of ether oxygens (including phenoxy) is 1. The second-order valence-corrected chi connectivity index (χ2v) is 13.2. The van der Waals surface area contributed by atoms with Crippen molar-refractivity contribution in [3.05, 3.63) is 54.6 Å². The average Bonchev–Trinajstić information content (AvgIpc) is 3.32. The molecule has 0 spiro atoms. The van der Waals surface area contributed by atoms with Gasteiger partial charge in [-0.15, -0.1) is 0 Å². The number of sulfone groups is 1. The van der Waals surface area contributed by atoms with Gasteiger partial charge in [0, 0.05) is 24.7 Å². The van der Waals surface area contributed by atoms with E-state index in [0.29, 0.717) is 35.7 Å². The molecule has 238 valence electrons. The summed E-state index contributed by atoms with van der Waals surface area (Å²) in [6.45, 7) is 4.96. The van der Waals surface area contributed by atoms with Crippen molar-refractivity contribution < 1.29 is 41.0 Å². The number of carboxylic acids is 1. The number of likely N-dealkylation sites (tertiary alicyclic amines) is 1. The first-order valence-electron chi connectivity index (χ1n) is 14.2. The van der Waals surface area contributed by atoms with Gasteiger partial charge in [0.15, 0.2) is 9.84 Å². The van der Waals surface area contributed by atoms with Gasteiger partial charge in [-0.25, -0.2) is 13.2 Å². The van der Waals surface area contributed by atoms with Gasteiger partial charge in [-0.1, -0.05) is 30.3 Å². The van der Waals surface area contributed by atoms with Crippen LogP contribution in [0.3, 0.4) is 0 Å². The molecule has 1 amide bonds. The van der Waals surface area contributed by atoms with Crippen LogP contribution in [0.5, 0.6) is 5.75 Å². The van der Waals surface area contributed by atoms with Gasteiger partial charge in [-0.3, -0.25) is 4.79 Å². The molecule has 1 saturated carbocycles. The first kappa shape index (κ1) is 34.2. The number of methoxy groups -OCH3 is 1. The molecule has 4 atom stereocenters. The SMILES string of the molecule is COc1ccccc1NC1CCN([C@H]2CC[C@@H](N(C)C(C)C)C[C@H]2CS(=O)(=O)c2ccccc2)C1=O.O=C(O)C(F)(F)F. The molecular formula is C30H40F3N3O6S. The van der Waals surface area contributed by atoms with Crippen molar-refractivity contribution >= 4 is 27.4 Å². The lowest BCUT2D eigenvalue weighted by Gasteiger charge is -2.44. The minimum Gasteiger partial charge on any atom is -0.495 e. The number of aliphatic carboxylic acids is 1. The number of alkyl halides is 3. The van der Waals surface area contributed by atoms with Crippen molar-refractivity contribution in [3.63, 3.8) is 0 Å². The molecule has 1 aliphatic carbocycles. The zero-order valence-corrected chi connectivity index (χ0v) is 25.6. The Bertz CT molecular complexity index is 1340. The number of nitrogens with zero attached hydrogens (tertiary/aromatic N) is 2. The van der Waals surface area contributed by atoms with Crippen LogP contribution >= 0.6 is 0 Å². The topological polar surface area (TPSA) is 116 Å². The highest BCUT2D eigenvalue weighted by Gasteiger charge is 2.44. The summed E-state index contributed by atoms with van der Waals surface area (Å²) in [7, 11) is 0.267. The van der Waals surface area contributed by atoms with Crippen LogP contribution in [0.25, 0.3) is 0 Å². The summed E-state index contributed by atoms with van der Waals surface area (Å²) in [4.78, 5) is 27.1. The fraction of sp³-hybridized carbons (Fsp3) is 0.533.